The second kappa shape index (κ2) is 6.37. The maximum absolute atomic E-state index is 11.9. The zero-order chi connectivity index (χ0) is 13.7. The molecule has 2 unspecified atom stereocenters. The van der Waals surface area contributed by atoms with Crippen LogP contribution < -0.4 is 5.32 Å². The van der Waals surface area contributed by atoms with Crippen LogP contribution in [-0.4, -0.2) is 49.4 Å². The fraction of sp³-hybridized carbons (Fsp3) is 0.750. The van der Waals surface area contributed by atoms with E-state index in [1.54, 1.807) is 4.90 Å². The lowest BCUT2D eigenvalue weighted by Crippen LogP contribution is -2.33. The van der Waals surface area contributed by atoms with Crippen LogP contribution in [0.3, 0.4) is 0 Å². The van der Waals surface area contributed by atoms with Gasteiger partial charge < -0.3 is 15.0 Å². The molecule has 6 nitrogen and oxygen atoms in total. The Balaban J connectivity index is 2.42. The standard InChI is InChI=1S/C12H20N2O4/c1-8-6-14(7-10(8)12(17)18-3)11(16)4-5-13-9(2)15/h8,10H,4-7H2,1-3H3,(H,13,15). The summed E-state index contributed by atoms with van der Waals surface area (Å²) < 4.78 is 4.71. The number of nitrogens with zero attached hydrogens (tertiary/aromatic N) is 1. The highest BCUT2D eigenvalue weighted by atomic mass is 16.5. The van der Waals surface area contributed by atoms with Crippen LogP contribution in [0.5, 0.6) is 0 Å². The minimum Gasteiger partial charge on any atom is -0.469 e. The molecule has 1 fully saturated rings. The van der Waals surface area contributed by atoms with Crippen molar-refractivity contribution in [3.05, 3.63) is 0 Å². The fourth-order valence-corrected chi connectivity index (χ4v) is 2.13. The highest BCUT2D eigenvalue weighted by Crippen LogP contribution is 2.24. The van der Waals surface area contributed by atoms with Crippen molar-refractivity contribution < 1.29 is 19.1 Å². The molecule has 1 aliphatic heterocycles. The smallest absolute Gasteiger partial charge is 0.310 e. The lowest BCUT2D eigenvalue weighted by Gasteiger charge is -2.16. The molecular formula is C12H20N2O4. The van der Waals surface area contributed by atoms with Gasteiger partial charge >= 0.3 is 5.97 Å². The van der Waals surface area contributed by atoms with E-state index in [0.717, 1.165) is 0 Å². The number of methoxy groups -OCH3 is 1. The molecule has 102 valence electrons. The predicted octanol–water partition coefficient (Wildman–Crippen LogP) is -0.220. The Hall–Kier alpha value is -1.59. The summed E-state index contributed by atoms with van der Waals surface area (Å²) >= 11 is 0. The predicted molar refractivity (Wildman–Crippen MR) is 64.6 cm³/mol. The molecule has 1 heterocycles. The van der Waals surface area contributed by atoms with Gasteiger partial charge in [-0.25, -0.2) is 0 Å². The Bertz CT molecular complexity index is 343. The van der Waals surface area contributed by atoms with Crippen molar-refractivity contribution in [1.29, 1.82) is 0 Å². The van der Waals surface area contributed by atoms with Gasteiger partial charge in [-0.1, -0.05) is 6.92 Å². The van der Waals surface area contributed by atoms with Gasteiger partial charge in [0, 0.05) is 33.0 Å². The molecule has 6 heteroatoms. The van der Waals surface area contributed by atoms with Gasteiger partial charge in [-0.05, 0) is 5.92 Å². The summed E-state index contributed by atoms with van der Waals surface area (Å²) in [6.45, 7) is 4.66. The van der Waals surface area contributed by atoms with Crippen molar-refractivity contribution in [2.75, 3.05) is 26.7 Å². The van der Waals surface area contributed by atoms with Crippen molar-refractivity contribution in [3.8, 4) is 0 Å². The van der Waals surface area contributed by atoms with Crippen molar-refractivity contribution in [3.63, 3.8) is 0 Å². The maximum atomic E-state index is 11.9. The summed E-state index contributed by atoms with van der Waals surface area (Å²) in [6.07, 6.45) is 0.264. The summed E-state index contributed by atoms with van der Waals surface area (Å²) in [5.74, 6) is -0.575. The molecule has 1 aliphatic rings. The topological polar surface area (TPSA) is 75.7 Å². The van der Waals surface area contributed by atoms with Gasteiger partial charge in [0.15, 0.2) is 0 Å². The Morgan fingerprint density at radius 2 is 2.00 bits per heavy atom. The van der Waals surface area contributed by atoms with Gasteiger partial charge in [0.25, 0.3) is 0 Å². The van der Waals surface area contributed by atoms with Gasteiger partial charge in [-0.15, -0.1) is 0 Å². The van der Waals surface area contributed by atoms with Crippen LogP contribution in [0.4, 0.5) is 0 Å². The third-order valence-corrected chi connectivity index (χ3v) is 3.18. The highest BCUT2D eigenvalue weighted by Gasteiger charge is 2.37. The van der Waals surface area contributed by atoms with Crippen molar-refractivity contribution in [1.82, 2.24) is 10.2 Å². The van der Waals surface area contributed by atoms with Crippen molar-refractivity contribution in [2.24, 2.45) is 11.8 Å². The third-order valence-electron chi connectivity index (χ3n) is 3.18. The molecule has 0 aromatic rings. The zero-order valence-corrected chi connectivity index (χ0v) is 11.1. The molecule has 18 heavy (non-hydrogen) atoms. The lowest BCUT2D eigenvalue weighted by atomic mass is 9.99. The first-order chi connectivity index (χ1) is 8.45. The monoisotopic (exact) mass is 256 g/mol. The van der Waals surface area contributed by atoms with E-state index in [2.05, 4.69) is 5.32 Å². The molecule has 1 saturated heterocycles. The van der Waals surface area contributed by atoms with Crippen LogP contribution in [-0.2, 0) is 19.1 Å². The minimum atomic E-state index is -0.264. The number of carbonyl (C=O) groups excluding carboxylic acids is 3. The number of likely N-dealkylation sites (tertiary alicyclic amines) is 1. The van der Waals surface area contributed by atoms with E-state index >= 15 is 0 Å². The molecule has 1 N–H and O–H groups in total. The number of rotatable bonds is 4. The first-order valence-corrected chi connectivity index (χ1v) is 6.05. The van der Waals surface area contributed by atoms with Crippen molar-refractivity contribution >= 4 is 17.8 Å². The van der Waals surface area contributed by atoms with Gasteiger partial charge in [-0.2, -0.15) is 0 Å². The third kappa shape index (κ3) is 3.72. The summed E-state index contributed by atoms with van der Waals surface area (Å²) in [5, 5.41) is 2.58. The Labute approximate surface area is 107 Å². The summed E-state index contributed by atoms with van der Waals surface area (Å²) in [4.78, 5) is 35.7. The summed E-state index contributed by atoms with van der Waals surface area (Å²) in [7, 11) is 1.36. The van der Waals surface area contributed by atoms with Gasteiger partial charge in [-0.3, -0.25) is 14.4 Å². The molecule has 0 spiro atoms. The summed E-state index contributed by atoms with van der Waals surface area (Å²) in [5.41, 5.74) is 0. The number of amides is 2. The molecule has 0 bridgehead atoms. The molecule has 0 saturated carbocycles. The highest BCUT2D eigenvalue weighted by molar-refractivity contribution is 5.80. The number of hydrogen-bond donors (Lipinski definition) is 1. The second-order valence-corrected chi connectivity index (χ2v) is 4.64. The fourth-order valence-electron chi connectivity index (χ4n) is 2.13. The molecule has 0 radical (unpaired) electrons. The van der Waals surface area contributed by atoms with E-state index < -0.39 is 0 Å². The summed E-state index contributed by atoms with van der Waals surface area (Å²) in [6, 6.07) is 0. The van der Waals surface area contributed by atoms with Crippen molar-refractivity contribution in [2.45, 2.75) is 20.3 Å². The quantitative estimate of drug-likeness (QED) is 0.706. The SMILES string of the molecule is COC(=O)C1CN(C(=O)CCNC(C)=O)CC1C. The van der Waals surface area contributed by atoms with E-state index in [4.69, 9.17) is 4.74 Å². The first-order valence-electron chi connectivity index (χ1n) is 6.05. The number of esters is 1. The first kappa shape index (κ1) is 14.5. The Morgan fingerprint density at radius 3 is 2.56 bits per heavy atom. The molecule has 0 aromatic carbocycles. The van der Waals surface area contributed by atoms with Crippen LogP contribution in [0, 0.1) is 11.8 Å². The zero-order valence-electron chi connectivity index (χ0n) is 11.1. The van der Waals surface area contributed by atoms with Gasteiger partial charge in [0.1, 0.15) is 0 Å². The Morgan fingerprint density at radius 1 is 1.33 bits per heavy atom. The Kier molecular flexibility index (Phi) is 5.12. The molecule has 0 aliphatic carbocycles. The lowest BCUT2D eigenvalue weighted by molar-refractivity contribution is -0.146. The normalized spacial score (nSPS) is 22.7. The molecule has 2 atom stereocenters. The number of nitrogens with one attached hydrogen (secondary N) is 1. The molecular weight excluding hydrogens is 236 g/mol. The van der Waals surface area contributed by atoms with Crippen LogP contribution in [0.25, 0.3) is 0 Å². The van der Waals surface area contributed by atoms with Crippen LogP contribution in [0.2, 0.25) is 0 Å². The van der Waals surface area contributed by atoms with E-state index in [9.17, 15) is 14.4 Å². The maximum Gasteiger partial charge on any atom is 0.310 e. The van der Waals surface area contributed by atoms with Gasteiger partial charge in [0.05, 0.1) is 13.0 Å². The second-order valence-electron chi connectivity index (χ2n) is 4.64. The largest absolute Gasteiger partial charge is 0.469 e. The molecule has 1 rings (SSSR count). The van der Waals surface area contributed by atoms with Crippen LogP contribution in [0.15, 0.2) is 0 Å². The number of ether oxygens (including phenoxy) is 1. The number of hydrogen-bond acceptors (Lipinski definition) is 4. The van der Waals surface area contributed by atoms with Crippen LogP contribution >= 0.6 is 0 Å². The molecule has 0 aromatic heterocycles. The van der Waals surface area contributed by atoms with Gasteiger partial charge in [0.2, 0.25) is 11.8 Å². The number of carbonyl (C=O) groups is 3. The van der Waals surface area contributed by atoms with E-state index in [0.29, 0.717) is 19.6 Å². The average Bonchev–Trinajstić information content (AvgIpc) is 2.70. The minimum absolute atomic E-state index is 0.0398. The van der Waals surface area contributed by atoms with E-state index in [-0.39, 0.29) is 36.0 Å². The van der Waals surface area contributed by atoms with E-state index in [1.807, 2.05) is 6.92 Å². The average molecular weight is 256 g/mol. The van der Waals surface area contributed by atoms with Crippen LogP contribution in [0.1, 0.15) is 20.3 Å². The molecule has 2 amide bonds. The van der Waals surface area contributed by atoms with E-state index in [1.165, 1.54) is 14.0 Å².